The lowest BCUT2D eigenvalue weighted by atomic mass is 10.2. The lowest BCUT2D eigenvalue weighted by Gasteiger charge is -2.17. The van der Waals surface area contributed by atoms with Crippen LogP contribution in [0.4, 0.5) is 15.8 Å². The van der Waals surface area contributed by atoms with E-state index in [0.29, 0.717) is 24.4 Å². The molecule has 3 aromatic rings. The van der Waals surface area contributed by atoms with E-state index in [-0.39, 0.29) is 11.6 Å². The van der Waals surface area contributed by atoms with Crippen LogP contribution in [0.2, 0.25) is 0 Å². The highest BCUT2D eigenvalue weighted by Crippen LogP contribution is 2.27. The molecule has 0 unspecified atom stereocenters. The molecular weight excluding hydrogens is 347 g/mol. The van der Waals surface area contributed by atoms with Gasteiger partial charge in [0, 0.05) is 30.1 Å². The van der Waals surface area contributed by atoms with Crippen molar-refractivity contribution in [2.24, 2.45) is 0 Å². The molecule has 1 fully saturated rings. The van der Waals surface area contributed by atoms with Crippen molar-refractivity contribution >= 4 is 40.2 Å². The van der Waals surface area contributed by atoms with E-state index >= 15 is 0 Å². The maximum Gasteiger partial charge on any atom is 0.248 e. The minimum absolute atomic E-state index is 0.0838. The maximum absolute atomic E-state index is 14.3. The number of nitrogens with one attached hydrogen (secondary N) is 1. The second kappa shape index (κ2) is 7.07. The van der Waals surface area contributed by atoms with E-state index in [9.17, 15) is 14.0 Å². The van der Waals surface area contributed by atoms with Crippen molar-refractivity contribution in [1.82, 2.24) is 0 Å². The summed E-state index contributed by atoms with van der Waals surface area (Å²) in [6.07, 6.45) is 4.05. The summed E-state index contributed by atoms with van der Waals surface area (Å²) in [5.41, 5.74) is 1.31. The zero-order chi connectivity index (χ0) is 18.8. The zero-order valence-electron chi connectivity index (χ0n) is 14.4. The number of para-hydroxylation sites is 1. The van der Waals surface area contributed by atoms with Crippen molar-refractivity contribution in [3.05, 3.63) is 66.2 Å². The van der Waals surface area contributed by atoms with Gasteiger partial charge in [0.15, 0.2) is 0 Å². The van der Waals surface area contributed by atoms with Crippen molar-refractivity contribution in [2.45, 2.75) is 12.8 Å². The van der Waals surface area contributed by atoms with Crippen molar-refractivity contribution in [2.75, 3.05) is 16.8 Å². The van der Waals surface area contributed by atoms with Crippen LogP contribution in [-0.2, 0) is 9.59 Å². The Kier molecular flexibility index (Phi) is 4.46. The van der Waals surface area contributed by atoms with Crippen LogP contribution in [-0.4, -0.2) is 18.4 Å². The smallest absolute Gasteiger partial charge is 0.248 e. The Morgan fingerprint density at radius 2 is 2.04 bits per heavy atom. The second-order valence-electron chi connectivity index (χ2n) is 6.32. The average Bonchev–Trinajstić information content (AvgIpc) is 3.26. The number of furan rings is 1. The number of hydrogen-bond donors (Lipinski definition) is 1. The Bertz CT molecular complexity index is 1020. The third-order valence-electron chi connectivity index (χ3n) is 4.42. The number of amides is 2. The summed E-state index contributed by atoms with van der Waals surface area (Å²) in [6, 6.07) is 13.7. The highest BCUT2D eigenvalue weighted by Gasteiger charge is 2.24. The van der Waals surface area contributed by atoms with Gasteiger partial charge in [-0.05, 0) is 42.8 Å². The molecule has 0 aliphatic carbocycles. The van der Waals surface area contributed by atoms with Crippen LogP contribution in [0, 0.1) is 5.82 Å². The molecule has 2 aromatic carbocycles. The summed E-state index contributed by atoms with van der Waals surface area (Å²) >= 11 is 0. The number of anilines is 2. The van der Waals surface area contributed by atoms with Gasteiger partial charge in [-0.25, -0.2) is 4.39 Å². The summed E-state index contributed by atoms with van der Waals surface area (Å²) in [4.78, 5) is 25.3. The first kappa shape index (κ1) is 17.0. The summed E-state index contributed by atoms with van der Waals surface area (Å²) in [5.74, 6) is -0.468. The molecule has 1 saturated heterocycles. The van der Waals surface area contributed by atoms with E-state index < -0.39 is 11.7 Å². The summed E-state index contributed by atoms with van der Waals surface area (Å²) < 4.78 is 19.9. The molecule has 6 heteroatoms. The third-order valence-corrected chi connectivity index (χ3v) is 4.42. The van der Waals surface area contributed by atoms with Gasteiger partial charge in [-0.2, -0.15) is 0 Å². The first-order valence-electron chi connectivity index (χ1n) is 8.68. The average molecular weight is 364 g/mol. The lowest BCUT2D eigenvalue weighted by molar-refractivity contribution is -0.117. The molecule has 27 heavy (non-hydrogen) atoms. The molecule has 1 N–H and O–H groups in total. The van der Waals surface area contributed by atoms with Gasteiger partial charge in [-0.3, -0.25) is 9.59 Å². The molecule has 1 aromatic heterocycles. The Hall–Kier alpha value is -3.41. The van der Waals surface area contributed by atoms with Crippen molar-refractivity contribution in [3.63, 3.8) is 0 Å². The molecule has 0 atom stereocenters. The van der Waals surface area contributed by atoms with E-state index in [2.05, 4.69) is 5.32 Å². The maximum atomic E-state index is 14.3. The first-order chi connectivity index (χ1) is 13.1. The van der Waals surface area contributed by atoms with E-state index in [1.165, 1.54) is 23.1 Å². The number of hydrogen-bond acceptors (Lipinski definition) is 3. The SMILES string of the molecule is O=C(/C=C/c1cc2ccccc2o1)Nc1ccc(N2CCCC2=O)c(F)c1. The van der Waals surface area contributed by atoms with Gasteiger partial charge in [0.25, 0.3) is 0 Å². The Morgan fingerprint density at radius 1 is 1.19 bits per heavy atom. The summed E-state index contributed by atoms with van der Waals surface area (Å²) in [6.45, 7) is 0.516. The van der Waals surface area contributed by atoms with E-state index in [4.69, 9.17) is 4.42 Å². The molecule has 4 rings (SSSR count). The quantitative estimate of drug-likeness (QED) is 0.700. The Labute approximate surface area is 155 Å². The van der Waals surface area contributed by atoms with Gasteiger partial charge >= 0.3 is 0 Å². The lowest BCUT2D eigenvalue weighted by Crippen LogP contribution is -2.24. The number of carbonyl (C=O) groups excluding carboxylic acids is 2. The van der Waals surface area contributed by atoms with Crippen molar-refractivity contribution < 1.29 is 18.4 Å². The minimum atomic E-state index is -0.538. The number of halogens is 1. The highest BCUT2D eigenvalue weighted by atomic mass is 19.1. The van der Waals surface area contributed by atoms with E-state index in [1.807, 2.05) is 30.3 Å². The minimum Gasteiger partial charge on any atom is -0.457 e. The normalized spacial score (nSPS) is 14.4. The molecule has 0 bridgehead atoms. The van der Waals surface area contributed by atoms with Crippen LogP contribution in [0.15, 0.2) is 59.0 Å². The molecule has 0 spiro atoms. The number of carbonyl (C=O) groups is 2. The predicted octanol–water partition coefficient (Wildman–Crippen LogP) is 4.35. The summed E-state index contributed by atoms with van der Waals surface area (Å²) in [5, 5.41) is 3.56. The van der Waals surface area contributed by atoms with Gasteiger partial charge in [-0.1, -0.05) is 18.2 Å². The molecule has 0 radical (unpaired) electrons. The summed E-state index contributed by atoms with van der Waals surface area (Å²) in [7, 11) is 0. The number of fused-ring (bicyclic) bond motifs is 1. The topological polar surface area (TPSA) is 62.6 Å². The number of benzene rings is 2. The third kappa shape index (κ3) is 3.60. The second-order valence-corrected chi connectivity index (χ2v) is 6.32. The van der Waals surface area contributed by atoms with Crippen LogP contribution in [0.25, 0.3) is 17.0 Å². The monoisotopic (exact) mass is 364 g/mol. The fourth-order valence-electron chi connectivity index (χ4n) is 3.13. The standard InChI is InChI=1S/C21H17FN2O3/c22-17-13-15(7-9-18(17)24-11-3-6-21(24)26)23-20(25)10-8-16-12-14-4-1-2-5-19(14)27-16/h1-2,4-5,7-10,12-13H,3,6,11H2,(H,23,25)/b10-8+. The largest absolute Gasteiger partial charge is 0.457 e. The van der Waals surface area contributed by atoms with Gasteiger partial charge in [0.1, 0.15) is 17.2 Å². The number of rotatable bonds is 4. The van der Waals surface area contributed by atoms with Gasteiger partial charge < -0.3 is 14.6 Å². The molecule has 5 nitrogen and oxygen atoms in total. The van der Waals surface area contributed by atoms with E-state index in [1.54, 1.807) is 12.1 Å². The van der Waals surface area contributed by atoms with Crippen molar-refractivity contribution in [3.8, 4) is 0 Å². The molecule has 1 aliphatic heterocycles. The molecular formula is C21H17FN2O3. The fourth-order valence-corrected chi connectivity index (χ4v) is 3.13. The van der Waals surface area contributed by atoms with Crippen LogP contribution in [0.1, 0.15) is 18.6 Å². The molecule has 1 aliphatic rings. The van der Waals surface area contributed by atoms with Crippen LogP contribution in [0.5, 0.6) is 0 Å². The first-order valence-corrected chi connectivity index (χ1v) is 8.68. The van der Waals surface area contributed by atoms with Gasteiger partial charge in [-0.15, -0.1) is 0 Å². The van der Waals surface area contributed by atoms with Crippen molar-refractivity contribution in [1.29, 1.82) is 0 Å². The van der Waals surface area contributed by atoms with Gasteiger partial charge in [0.2, 0.25) is 11.8 Å². The Morgan fingerprint density at radius 3 is 2.78 bits per heavy atom. The van der Waals surface area contributed by atoms with Crippen LogP contribution >= 0.6 is 0 Å². The molecule has 136 valence electrons. The Balaban J connectivity index is 1.44. The zero-order valence-corrected chi connectivity index (χ0v) is 14.4. The predicted molar refractivity (Wildman–Crippen MR) is 102 cm³/mol. The number of nitrogens with zero attached hydrogens (tertiary/aromatic N) is 1. The highest BCUT2D eigenvalue weighted by molar-refractivity contribution is 6.02. The van der Waals surface area contributed by atoms with Gasteiger partial charge in [0.05, 0.1) is 5.69 Å². The molecule has 2 amide bonds. The van der Waals surface area contributed by atoms with Crippen LogP contribution in [0.3, 0.4) is 0 Å². The van der Waals surface area contributed by atoms with E-state index in [0.717, 1.165) is 17.4 Å². The molecule has 0 saturated carbocycles. The fraction of sp³-hybridized carbons (Fsp3) is 0.143. The van der Waals surface area contributed by atoms with Crippen LogP contribution < -0.4 is 10.2 Å². The molecule has 2 heterocycles.